The minimum Gasteiger partial charge on any atom is -0.508 e. The summed E-state index contributed by atoms with van der Waals surface area (Å²) in [5.74, 6) is -0.619. The molecule has 3 N–H and O–H groups in total. The Kier molecular flexibility index (Phi) is 10.1. The van der Waals surface area contributed by atoms with Crippen molar-refractivity contribution < 1.29 is 24.5 Å². The van der Waals surface area contributed by atoms with Crippen LogP contribution in [0.4, 0.5) is 0 Å². The highest BCUT2D eigenvalue weighted by Crippen LogP contribution is 2.21. The van der Waals surface area contributed by atoms with E-state index in [0.29, 0.717) is 37.7 Å². The van der Waals surface area contributed by atoms with Crippen molar-refractivity contribution in [3.05, 3.63) is 88.8 Å². The number of nitrogens with one attached hydrogen (secondary N) is 1. The minimum atomic E-state index is -0.926. The van der Waals surface area contributed by atoms with E-state index >= 15 is 0 Å². The highest BCUT2D eigenvalue weighted by atomic mass is 16.5. The first-order valence-electron chi connectivity index (χ1n) is 13.5. The molecule has 0 radical (unpaired) electrons. The summed E-state index contributed by atoms with van der Waals surface area (Å²) in [6, 6.07) is 14.0. The first kappa shape index (κ1) is 28.3. The number of phenolic OH excluding ortho intramolecular Hbond substituents is 1. The molecule has 0 spiro atoms. The number of phenols is 1. The van der Waals surface area contributed by atoms with Crippen LogP contribution < -0.4 is 5.32 Å². The van der Waals surface area contributed by atoms with Crippen LogP contribution in [-0.2, 0) is 22.6 Å². The molecular formula is C31H37N3O5. The molecule has 2 aliphatic rings. The van der Waals surface area contributed by atoms with Crippen molar-refractivity contribution in [2.24, 2.45) is 16.8 Å². The molecule has 0 aliphatic carbocycles. The lowest BCUT2D eigenvalue weighted by atomic mass is 9.97. The number of aromatic carboxylic acids is 1. The number of allylic oxidation sites excluding steroid dienone is 3. The first-order chi connectivity index (χ1) is 18.9. The summed E-state index contributed by atoms with van der Waals surface area (Å²) in [7, 11) is 0. The zero-order valence-electron chi connectivity index (χ0n) is 22.4. The van der Waals surface area contributed by atoms with Crippen molar-refractivity contribution in [1.82, 2.24) is 10.2 Å². The van der Waals surface area contributed by atoms with Crippen LogP contribution in [0.5, 0.6) is 5.75 Å². The third kappa shape index (κ3) is 8.63. The number of benzene rings is 2. The third-order valence-corrected chi connectivity index (χ3v) is 7.18. The van der Waals surface area contributed by atoms with Gasteiger partial charge < -0.3 is 20.3 Å². The van der Waals surface area contributed by atoms with Crippen molar-refractivity contribution >= 4 is 18.1 Å². The van der Waals surface area contributed by atoms with E-state index in [1.54, 1.807) is 36.5 Å². The number of amides is 1. The smallest absolute Gasteiger partial charge is 0.335 e. The number of para-hydroxylation sites is 1. The molecule has 0 bridgehead atoms. The molecule has 0 saturated carbocycles. The highest BCUT2D eigenvalue weighted by Gasteiger charge is 2.21. The van der Waals surface area contributed by atoms with Gasteiger partial charge in [-0.1, -0.05) is 49.4 Å². The Morgan fingerprint density at radius 1 is 1.13 bits per heavy atom. The maximum absolute atomic E-state index is 12.7. The maximum Gasteiger partial charge on any atom is 0.335 e. The number of carboxylic acids is 1. The number of aliphatic imine (C=N–C) groups is 1. The van der Waals surface area contributed by atoms with E-state index in [0.717, 1.165) is 49.3 Å². The van der Waals surface area contributed by atoms with Gasteiger partial charge in [0.05, 0.1) is 29.8 Å². The third-order valence-electron chi connectivity index (χ3n) is 7.18. The lowest BCUT2D eigenvalue weighted by Gasteiger charge is -2.31. The quantitative estimate of drug-likeness (QED) is 0.392. The van der Waals surface area contributed by atoms with Gasteiger partial charge in [-0.15, -0.1) is 0 Å². The average Bonchev–Trinajstić information content (AvgIpc) is 3.16. The second-order valence-corrected chi connectivity index (χ2v) is 10.3. The minimum absolute atomic E-state index is 0.0988. The Labute approximate surface area is 229 Å². The molecule has 1 saturated heterocycles. The van der Waals surface area contributed by atoms with Crippen molar-refractivity contribution in [2.75, 3.05) is 26.2 Å². The number of ether oxygens (including phenoxy) is 1. The van der Waals surface area contributed by atoms with Gasteiger partial charge in [0.25, 0.3) is 0 Å². The molecule has 0 aromatic heterocycles. The lowest BCUT2D eigenvalue weighted by molar-refractivity contribution is -0.123. The molecular weight excluding hydrogens is 494 g/mol. The number of carboxylic acid groups (broad SMARTS) is 1. The Bertz CT molecular complexity index is 1240. The summed E-state index contributed by atoms with van der Waals surface area (Å²) in [5.41, 5.74) is 3.60. The van der Waals surface area contributed by atoms with Crippen molar-refractivity contribution in [2.45, 2.75) is 39.2 Å². The fraction of sp³-hybridized carbons (Fsp3) is 0.387. The summed E-state index contributed by atoms with van der Waals surface area (Å²) in [5, 5.41) is 22.1. The molecule has 1 unspecified atom stereocenters. The van der Waals surface area contributed by atoms with Crippen LogP contribution in [0.1, 0.15) is 47.7 Å². The fourth-order valence-electron chi connectivity index (χ4n) is 4.82. The van der Waals surface area contributed by atoms with E-state index < -0.39 is 5.97 Å². The Balaban J connectivity index is 1.16. The molecule has 2 aliphatic heterocycles. The van der Waals surface area contributed by atoms with Crippen LogP contribution in [0, 0.1) is 11.8 Å². The van der Waals surface area contributed by atoms with Gasteiger partial charge in [0, 0.05) is 19.1 Å². The number of rotatable bonds is 11. The first-order valence-corrected chi connectivity index (χ1v) is 13.5. The molecule has 1 amide bonds. The van der Waals surface area contributed by atoms with Crippen LogP contribution in [-0.4, -0.2) is 59.4 Å². The van der Waals surface area contributed by atoms with Gasteiger partial charge >= 0.3 is 5.97 Å². The Hall–Kier alpha value is -3.75. The number of likely N-dealkylation sites (tertiary alicyclic amines) is 1. The number of hydrogen-bond acceptors (Lipinski definition) is 6. The van der Waals surface area contributed by atoms with Gasteiger partial charge in [-0.05, 0) is 74.0 Å². The van der Waals surface area contributed by atoms with Gasteiger partial charge in [0.15, 0.2) is 0 Å². The van der Waals surface area contributed by atoms with Crippen LogP contribution in [0.25, 0.3) is 0 Å². The molecule has 39 heavy (non-hydrogen) atoms. The summed E-state index contributed by atoms with van der Waals surface area (Å²) in [6.07, 6.45) is 9.04. The summed E-state index contributed by atoms with van der Waals surface area (Å²) >= 11 is 0. The van der Waals surface area contributed by atoms with Crippen LogP contribution in [0.2, 0.25) is 0 Å². The van der Waals surface area contributed by atoms with Crippen LogP contribution in [0.15, 0.2) is 77.1 Å². The van der Waals surface area contributed by atoms with Crippen molar-refractivity contribution in [3.63, 3.8) is 0 Å². The van der Waals surface area contributed by atoms with E-state index in [1.807, 2.05) is 31.2 Å². The van der Waals surface area contributed by atoms with E-state index in [9.17, 15) is 14.7 Å². The number of piperidine rings is 1. The van der Waals surface area contributed by atoms with Crippen LogP contribution >= 0.6 is 0 Å². The normalized spacial score (nSPS) is 17.2. The number of carbonyl (C=O) groups is 2. The SMILES string of the molecule is CC(Cc1ccccc1O)C(=O)NC1=CCC=C(CN2CCC(COCc3cccc(C(=O)O)c3)CC2)N=C1. The molecule has 2 aromatic rings. The highest BCUT2D eigenvalue weighted by molar-refractivity contribution is 5.89. The molecule has 2 heterocycles. The Morgan fingerprint density at radius 3 is 2.69 bits per heavy atom. The van der Waals surface area contributed by atoms with E-state index in [4.69, 9.17) is 9.84 Å². The van der Waals surface area contributed by atoms with Crippen LogP contribution in [0.3, 0.4) is 0 Å². The number of hydrogen-bond donors (Lipinski definition) is 3. The summed E-state index contributed by atoms with van der Waals surface area (Å²) in [6.45, 7) is 5.65. The summed E-state index contributed by atoms with van der Waals surface area (Å²) in [4.78, 5) is 30.9. The fourth-order valence-corrected chi connectivity index (χ4v) is 4.82. The van der Waals surface area contributed by atoms with Crippen molar-refractivity contribution in [1.29, 1.82) is 0 Å². The number of carbonyl (C=O) groups excluding carboxylic acids is 1. The zero-order chi connectivity index (χ0) is 27.6. The van der Waals surface area contributed by atoms with Gasteiger partial charge in [-0.3, -0.25) is 14.7 Å². The largest absolute Gasteiger partial charge is 0.508 e. The van der Waals surface area contributed by atoms with Gasteiger partial charge in [0.2, 0.25) is 5.91 Å². The lowest BCUT2D eigenvalue weighted by Crippen LogP contribution is -2.36. The second-order valence-electron chi connectivity index (χ2n) is 10.3. The van der Waals surface area contributed by atoms with E-state index in [2.05, 4.69) is 21.3 Å². The predicted octanol–water partition coefficient (Wildman–Crippen LogP) is 4.56. The molecule has 4 rings (SSSR count). The second kappa shape index (κ2) is 13.9. The standard InChI is InChI=1S/C31H37N3O5/c1-22(16-25-7-2-3-11-29(25)35)30(36)33-27-9-5-10-28(32-18-27)19-34-14-12-23(13-15-34)20-39-21-24-6-4-8-26(17-24)31(37)38/h2-4,6-11,17-18,22-23,35H,5,12-16,19-21H2,1H3,(H,33,36)(H,37,38). The Morgan fingerprint density at radius 2 is 1.92 bits per heavy atom. The maximum atomic E-state index is 12.7. The van der Waals surface area contributed by atoms with Gasteiger partial charge in [0.1, 0.15) is 5.75 Å². The molecule has 8 nitrogen and oxygen atoms in total. The van der Waals surface area contributed by atoms with E-state index in [-0.39, 0.29) is 23.1 Å². The predicted molar refractivity (Wildman–Crippen MR) is 151 cm³/mol. The molecule has 2 aromatic carbocycles. The van der Waals surface area contributed by atoms with Gasteiger partial charge in [-0.2, -0.15) is 0 Å². The molecule has 206 valence electrons. The summed E-state index contributed by atoms with van der Waals surface area (Å²) < 4.78 is 5.89. The topological polar surface area (TPSA) is 111 Å². The van der Waals surface area contributed by atoms with Gasteiger partial charge in [-0.25, -0.2) is 4.79 Å². The zero-order valence-corrected chi connectivity index (χ0v) is 22.4. The number of aromatic hydroxyl groups is 1. The van der Waals surface area contributed by atoms with E-state index in [1.165, 1.54) is 0 Å². The molecule has 1 fully saturated rings. The number of nitrogens with zero attached hydrogens (tertiary/aromatic N) is 2. The average molecular weight is 532 g/mol. The van der Waals surface area contributed by atoms with Crippen molar-refractivity contribution in [3.8, 4) is 5.75 Å². The molecule has 1 atom stereocenters. The molecule has 8 heteroatoms. The monoisotopic (exact) mass is 531 g/mol.